The van der Waals surface area contributed by atoms with E-state index in [1.807, 2.05) is 51.1 Å². The Morgan fingerprint density at radius 1 is 0.966 bits per heavy atom. The van der Waals surface area contributed by atoms with Gasteiger partial charge in [0.15, 0.2) is 6.61 Å². The van der Waals surface area contributed by atoms with E-state index in [0.29, 0.717) is 18.8 Å². The zero-order chi connectivity index (χ0) is 20.9. The molecule has 0 aliphatic carbocycles. The number of halogens is 1. The van der Waals surface area contributed by atoms with E-state index in [1.165, 1.54) is 12.1 Å². The molecule has 3 rings (SSSR count). The van der Waals surface area contributed by atoms with Crippen molar-refractivity contribution >= 4 is 16.7 Å². The molecule has 0 fully saturated rings. The number of amides is 1. The summed E-state index contributed by atoms with van der Waals surface area (Å²) >= 11 is 0. The lowest BCUT2D eigenvalue weighted by Crippen LogP contribution is -2.43. The second-order valence-electron chi connectivity index (χ2n) is 8.08. The number of rotatable bonds is 7. The zero-order valence-corrected chi connectivity index (χ0v) is 17.1. The van der Waals surface area contributed by atoms with Gasteiger partial charge in [-0.25, -0.2) is 4.39 Å². The molecule has 0 radical (unpaired) electrons. The van der Waals surface area contributed by atoms with Crippen LogP contribution in [0.25, 0.3) is 10.8 Å². The highest BCUT2D eigenvalue weighted by atomic mass is 19.1. The van der Waals surface area contributed by atoms with Gasteiger partial charge in [0.2, 0.25) is 0 Å². The van der Waals surface area contributed by atoms with E-state index in [4.69, 9.17) is 4.74 Å². The average molecular weight is 394 g/mol. The molecule has 152 valence electrons. The van der Waals surface area contributed by atoms with Gasteiger partial charge in [0.1, 0.15) is 11.6 Å². The molecule has 0 unspecified atom stereocenters. The maximum Gasteiger partial charge on any atom is 0.258 e. The Kier molecular flexibility index (Phi) is 6.49. The van der Waals surface area contributed by atoms with Gasteiger partial charge in [0, 0.05) is 24.2 Å². The first-order valence-corrected chi connectivity index (χ1v) is 9.71. The summed E-state index contributed by atoms with van der Waals surface area (Å²) < 4.78 is 19.0. The molecule has 0 bridgehead atoms. The lowest BCUT2D eigenvalue weighted by molar-refractivity contribution is -0.124. The predicted molar refractivity (Wildman–Crippen MR) is 114 cm³/mol. The standard InChI is InChI=1S/C24H27FN2O2/c1-24(2,3)27-23(28)16-29-22-13-10-18-6-4-5-7-20(18)21(22)15-26-14-17-8-11-19(25)12-9-17/h4-13,26H,14-16H2,1-3H3,(H,27,28). The largest absolute Gasteiger partial charge is 0.483 e. The lowest BCUT2D eigenvalue weighted by Gasteiger charge is -2.21. The fourth-order valence-electron chi connectivity index (χ4n) is 3.17. The monoisotopic (exact) mass is 394 g/mol. The van der Waals surface area contributed by atoms with E-state index in [2.05, 4.69) is 16.7 Å². The highest BCUT2D eigenvalue weighted by molar-refractivity contribution is 5.88. The molecule has 3 aromatic rings. The summed E-state index contributed by atoms with van der Waals surface area (Å²) in [5.41, 5.74) is 1.69. The van der Waals surface area contributed by atoms with Crippen LogP contribution in [0.4, 0.5) is 4.39 Å². The van der Waals surface area contributed by atoms with Gasteiger partial charge in [-0.3, -0.25) is 4.79 Å². The summed E-state index contributed by atoms with van der Waals surface area (Å²) in [7, 11) is 0. The van der Waals surface area contributed by atoms with Crippen molar-refractivity contribution in [3.63, 3.8) is 0 Å². The minimum absolute atomic E-state index is 0.0411. The summed E-state index contributed by atoms with van der Waals surface area (Å²) in [6.45, 7) is 6.94. The molecule has 1 amide bonds. The number of hydrogen-bond acceptors (Lipinski definition) is 3. The van der Waals surface area contributed by atoms with Crippen molar-refractivity contribution in [3.05, 3.63) is 77.6 Å². The van der Waals surface area contributed by atoms with E-state index < -0.39 is 0 Å². The quantitative estimate of drug-likeness (QED) is 0.618. The Hall–Kier alpha value is -2.92. The molecule has 0 aliphatic heterocycles. The van der Waals surface area contributed by atoms with Crippen LogP contribution in [0.3, 0.4) is 0 Å². The molecule has 0 heterocycles. The number of hydrogen-bond donors (Lipinski definition) is 2. The van der Waals surface area contributed by atoms with Crippen LogP contribution in [-0.2, 0) is 17.9 Å². The van der Waals surface area contributed by atoms with Gasteiger partial charge in [-0.05, 0) is 55.3 Å². The molecule has 0 saturated heterocycles. The average Bonchev–Trinajstić information content (AvgIpc) is 2.67. The molecule has 3 aromatic carbocycles. The molecule has 0 aromatic heterocycles. The molecular weight excluding hydrogens is 367 g/mol. The predicted octanol–water partition coefficient (Wildman–Crippen LogP) is 4.56. The molecule has 5 heteroatoms. The first-order valence-electron chi connectivity index (χ1n) is 9.71. The van der Waals surface area contributed by atoms with E-state index in [1.54, 1.807) is 12.1 Å². The third-order valence-electron chi connectivity index (χ3n) is 4.41. The molecule has 29 heavy (non-hydrogen) atoms. The first kappa shape index (κ1) is 20.8. The van der Waals surface area contributed by atoms with Crippen LogP contribution in [0.1, 0.15) is 31.9 Å². The number of carbonyl (C=O) groups excluding carboxylic acids is 1. The van der Waals surface area contributed by atoms with Crippen LogP contribution < -0.4 is 15.4 Å². The third-order valence-corrected chi connectivity index (χ3v) is 4.41. The van der Waals surface area contributed by atoms with Gasteiger partial charge in [-0.1, -0.05) is 42.5 Å². The molecule has 4 nitrogen and oxygen atoms in total. The third kappa shape index (κ3) is 6.03. The van der Waals surface area contributed by atoms with E-state index in [9.17, 15) is 9.18 Å². The summed E-state index contributed by atoms with van der Waals surface area (Å²) in [5.74, 6) is 0.280. The van der Waals surface area contributed by atoms with E-state index in [0.717, 1.165) is 21.9 Å². The maximum absolute atomic E-state index is 13.1. The van der Waals surface area contributed by atoms with Gasteiger partial charge in [-0.2, -0.15) is 0 Å². The van der Waals surface area contributed by atoms with Crippen molar-refractivity contribution in [2.75, 3.05) is 6.61 Å². The van der Waals surface area contributed by atoms with Crippen molar-refractivity contribution in [1.82, 2.24) is 10.6 Å². The molecule has 0 aliphatic rings. The van der Waals surface area contributed by atoms with Crippen molar-refractivity contribution in [3.8, 4) is 5.75 Å². The lowest BCUT2D eigenvalue weighted by atomic mass is 10.0. The van der Waals surface area contributed by atoms with Gasteiger partial charge in [0.25, 0.3) is 5.91 Å². The normalized spacial score (nSPS) is 11.4. The van der Waals surface area contributed by atoms with Crippen LogP contribution in [0.5, 0.6) is 5.75 Å². The minimum Gasteiger partial charge on any atom is -0.483 e. The number of nitrogens with one attached hydrogen (secondary N) is 2. The van der Waals surface area contributed by atoms with E-state index >= 15 is 0 Å². The fraction of sp³-hybridized carbons (Fsp3) is 0.292. The summed E-state index contributed by atoms with van der Waals surface area (Å²) in [6, 6.07) is 18.4. The van der Waals surface area contributed by atoms with Gasteiger partial charge in [0.05, 0.1) is 0 Å². The van der Waals surface area contributed by atoms with Crippen molar-refractivity contribution < 1.29 is 13.9 Å². The second-order valence-corrected chi connectivity index (χ2v) is 8.08. The van der Waals surface area contributed by atoms with Crippen LogP contribution >= 0.6 is 0 Å². The highest BCUT2D eigenvalue weighted by Gasteiger charge is 2.15. The van der Waals surface area contributed by atoms with Gasteiger partial charge in [-0.15, -0.1) is 0 Å². The Morgan fingerprint density at radius 2 is 1.69 bits per heavy atom. The Labute approximate surface area is 171 Å². The van der Waals surface area contributed by atoms with Crippen LogP contribution in [-0.4, -0.2) is 18.1 Å². The SMILES string of the molecule is CC(C)(C)NC(=O)COc1ccc2ccccc2c1CNCc1ccc(F)cc1. The maximum atomic E-state index is 13.1. The number of fused-ring (bicyclic) bond motifs is 1. The Bertz CT molecular complexity index is 978. The van der Waals surface area contributed by atoms with Crippen molar-refractivity contribution in [2.45, 2.75) is 39.4 Å². The van der Waals surface area contributed by atoms with Crippen LogP contribution in [0, 0.1) is 5.82 Å². The van der Waals surface area contributed by atoms with Crippen LogP contribution in [0.2, 0.25) is 0 Å². The van der Waals surface area contributed by atoms with Gasteiger partial charge >= 0.3 is 0 Å². The van der Waals surface area contributed by atoms with E-state index in [-0.39, 0.29) is 23.9 Å². The summed E-state index contributed by atoms with van der Waals surface area (Å²) in [5, 5.41) is 8.48. The molecule has 0 saturated carbocycles. The van der Waals surface area contributed by atoms with Crippen molar-refractivity contribution in [2.24, 2.45) is 0 Å². The number of ether oxygens (including phenoxy) is 1. The summed E-state index contributed by atoms with van der Waals surface area (Å²) in [6.07, 6.45) is 0. The minimum atomic E-state index is -0.302. The molecule has 0 spiro atoms. The fourth-order valence-corrected chi connectivity index (χ4v) is 3.17. The summed E-state index contributed by atoms with van der Waals surface area (Å²) in [4.78, 5) is 12.2. The molecule has 2 N–H and O–H groups in total. The topological polar surface area (TPSA) is 50.4 Å². The first-order chi connectivity index (χ1) is 13.8. The van der Waals surface area contributed by atoms with Gasteiger partial charge < -0.3 is 15.4 Å². The number of carbonyl (C=O) groups is 1. The second kappa shape index (κ2) is 9.05. The van der Waals surface area contributed by atoms with Crippen LogP contribution in [0.15, 0.2) is 60.7 Å². The highest BCUT2D eigenvalue weighted by Crippen LogP contribution is 2.28. The van der Waals surface area contributed by atoms with Crippen molar-refractivity contribution in [1.29, 1.82) is 0 Å². The smallest absolute Gasteiger partial charge is 0.258 e. The zero-order valence-electron chi connectivity index (χ0n) is 17.1. The Balaban J connectivity index is 1.74. The number of benzene rings is 3. The Morgan fingerprint density at radius 3 is 2.41 bits per heavy atom. The molecular formula is C24H27FN2O2. The molecule has 0 atom stereocenters.